The molecule has 0 fully saturated rings. The molecule has 0 heterocycles. The fraction of sp³-hybridized carbons (Fsp3) is 0.222. The van der Waals surface area contributed by atoms with Crippen LogP contribution in [0.2, 0.25) is 0 Å². The van der Waals surface area contributed by atoms with Crippen molar-refractivity contribution >= 4 is 12.2 Å². The van der Waals surface area contributed by atoms with Crippen molar-refractivity contribution in [2.45, 2.75) is 26.2 Å². The van der Waals surface area contributed by atoms with Crippen molar-refractivity contribution in [3.63, 3.8) is 0 Å². The average Bonchev–Trinajstić information content (AvgIpc) is 2.55. The van der Waals surface area contributed by atoms with Crippen molar-refractivity contribution in [3.8, 4) is 11.5 Å². The molecule has 0 spiro atoms. The zero-order valence-electron chi connectivity index (χ0n) is 13.2. The molecule has 0 aliphatic rings. The van der Waals surface area contributed by atoms with E-state index in [1.165, 1.54) is 24.6 Å². The van der Waals surface area contributed by atoms with Gasteiger partial charge in [-0.3, -0.25) is 0 Å². The van der Waals surface area contributed by atoms with Gasteiger partial charge in [-0.25, -0.2) is 10.2 Å². The second kappa shape index (κ2) is 8.58. The first-order chi connectivity index (χ1) is 11.2. The van der Waals surface area contributed by atoms with Gasteiger partial charge in [-0.15, -0.1) is 0 Å². The summed E-state index contributed by atoms with van der Waals surface area (Å²) >= 11 is 0. The lowest BCUT2D eigenvalue weighted by Gasteiger charge is -2.07. The van der Waals surface area contributed by atoms with Crippen LogP contribution >= 0.6 is 0 Å². The van der Waals surface area contributed by atoms with Gasteiger partial charge in [0.05, 0.1) is 6.21 Å². The minimum Gasteiger partial charge on any atom is -0.457 e. The van der Waals surface area contributed by atoms with E-state index in [2.05, 4.69) is 29.6 Å². The van der Waals surface area contributed by atoms with E-state index >= 15 is 0 Å². The molecule has 3 N–H and O–H groups in total. The Morgan fingerprint density at radius 3 is 2.30 bits per heavy atom. The number of unbranched alkanes of at least 4 members (excludes halogenated alkanes) is 1. The van der Waals surface area contributed by atoms with E-state index in [1.54, 1.807) is 0 Å². The van der Waals surface area contributed by atoms with Gasteiger partial charge in [0.15, 0.2) is 0 Å². The van der Waals surface area contributed by atoms with Crippen molar-refractivity contribution in [1.29, 1.82) is 0 Å². The van der Waals surface area contributed by atoms with E-state index in [0.29, 0.717) is 0 Å². The predicted octanol–water partition coefficient (Wildman–Crippen LogP) is 3.82. The third-order valence-corrected chi connectivity index (χ3v) is 3.25. The Hall–Kier alpha value is -2.82. The number of nitrogens with two attached hydrogens (primary N) is 1. The van der Waals surface area contributed by atoms with Crippen LogP contribution in [0.1, 0.15) is 30.9 Å². The van der Waals surface area contributed by atoms with Gasteiger partial charge in [0.2, 0.25) is 0 Å². The Morgan fingerprint density at radius 1 is 1.13 bits per heavy atom. The number of hydrogen-bond donors (Lipinski definition) is 2. The number of rotatable bonds is 7. The molecule has 2 amide bonds. The van der Waals surface area contributed by atoms with Crippen molar-refractivity contribution in [2.75, 3.05) is 0 Å². The number of nitrogens with one attached hydrogen (secondary N) is 1. The van der Waals surface area contributed by atoms with Gasteiger partial charge in [-0.1, -0.05) is 25.5 Å². The Labute approximate surface area is 136 Å². The van der Waals surface area contributed by atoms with Gasteiger partial charge in [-0.2, -0.15) is 5.10 Å². The molecule has 2 aromatic carbocycles. The molecule has 0 radical (unpaired) electrons. The van der Waals surface area contributed by atoms with Gasteiger partial charge in [0.1, 0.15) is 11.5 Å². The molecule has 0 aromatic heterocycles. The predicted molar refractivity (Wildman–Crippen MR) is 91.9 cm³/mol. The molecule has 120 valence electrons. The van der Waals surface area contributed by atoms with Crippen LogP contribution in [0.3, 0.4) is 0 Å². The van der Waals surface area contributed by atoms with Gasteiger partial charge < -0.3 is 10.5 Å². The Bertz CT molecular complexity index is 649. The van der Waals surface area contributed by atoms with E-state index in [9.17, 15) is 4.79 Å². The van der Waals surface area contributed by atoms with Crippen LogP contribution < -0.4 is 15.9 Å². The second-order valence-electron chi connectivity index (χ2n) is 5.15. The highest BCUT2D eigenvalue weighted by molar-refractivity contribution is 5.81. The highest BCUT2D eigenvalue weighted by Gasteiger charge is 1.99. The van der Waals surface area contributed by atoms with Gasteiger partial charge in [-0.05, 0) is 60.4 Å². The third kappa shape index (κ3) is 5.82. The van der Waals surface area contributed by atoms with E-state index in [4.69, 9.17) is 10.5 Å². The smallest absolute Gasteiger partial charge is 0.332 e. The highest BCUT2D eigenvalue weighted by Crippen LogP contribution is 2.22. The summed E-state index contributed by atoms with van der Waals surface area (Å²) in [6.07, 6.45) is 5.01. The molecule has 0 aliphatic carbocycles. The van der Waals surface area contributed by atoms with Gasteiger partial charge in [0.25, 0.3) is 0 Å². The number of carbonyl (C=O) groups is 1. The van der Waals surface area contributed by atoms with E-state index in [0.717, 1.165) is 23.5 Å². The minimum atomic E-state index is -0.691. The molecule has 0 atom stereocenters. The van der Waals surface area contributed by atoms with Gasteiger partial charge in [0, 0.05) is 0 Å². The van der Waals surface area contributed by atoms with Gasteiger partial charge >= 0.3 is 6.03 Å². The summed E-state index contributed by atoms with van der Waals surface area (Å²) < 4.78 is 5.80. The summed E-state index contributed by atoms with van der Waals surface area (Å²) in [7, 11) is 0. The Balaban J connectivity index is 1.92. The Kier molecular flexibility index (Phi) is 6.17. The number of amides is 2. The number of nitrogens with zero attached hydrogens (tertiary/aromatic N) is 1. The van der Waals surface area contributed by atoms with Crippen molar-refractivity contribution in [3.05, 3.63) is 59.7 Å². The summed E-state index contributed by atoms with van der Waals surface area (Å²) in [6.45, 7) is 2.19. The lowest BCUT2D eigenvalue weighted by molar-refractivity contribution is 0.249. The maximum atomic E-state index is 10.5. The second-order valence-corrected chi connectivity index (χ2v) is 5.15. The summed E-state index contributed by atoms with van der Waals surface area (Å²) in [4.78, 5) is 10.5. The lowest BCUT2D eigenvalue weighted by atomic mass is 10.1. The minimum absolute atomic E-state index is 0.691. The number of carbonyl (C=O) groups excluding carboxylic acids is 1. The van der Waals surface area contributed by atoms with Crippen LogP contribution in [0.15, 0.2) is 53.6 Å². The maximum absolute atomic E-state index is 10.5. The molecule has 0 saturated heterocycles. The Morgan fingerprint density at radius 2 is 1.74 bits per heavy atom. The topological polar surface area (TPSA) is 76.7 Å². The normalized spacial score (nSPS) is 10.7. The number of urea groups is 1. The van der Waals surface area contributed by atoms with Crippen molar-refractivity contribution in [2.24, 2.45) is 10.8 Å². The van der Waals surface area contributed by atoms with Crippen molar-refractivity contribution in [1.82, 2.24) is 5.43 Å². The molecule has 5 heteroatoms. The molecule has 2 rings (SSSR count). The molecule has 0 bridgehead atoms. The summed E-state index contributed by atoms with van der Waals surface area (Å²) in [5, 5.41) is 3.70. The molecule has 0 unspecified atom stereocenters. The molecule has 2 aromatic rings. The van der Waals surface area contributed by atoms with Crippen molar-refractivity contribution < 1.29 is 9.53 Å². The standard InChI is InChI=1S/C18H21N3O2/c1-2-3-4-14-5-9-16(10-6-14)23-17-11-7-15(8-12-17)13-20-21-18(19)22/h5-13H,2-4H2,1H3,(H3,19,21,22)/b20-13-. The first-order valence-electron chi connectivity index (χ1n) is 7.62. The number of aryl methyl sites for hydroxylation is 1. The lowest BCUT2D eigenvalue weighted by Crippen LogP contribution is -2.24. The fourth-order valence-electron chi connectivity index (χ4n) is 2.03. The van der Waals surface area contributed by atoms with E-state index in [1.807, 2.05) is 36.4 Å². The zero-order chi connectivity index (χ0) is 16.5. The number of primary amides is 1. The van der Waals surface area contributed by atoms with Crippen LogP contribution in [0.25, 0.3) is 0 Å². The van der Waals surface area contributed by atoms with Crippen LogP contribution in [0.4, 0.5) is 4.79 Å². The molecular weight excluding hydrogens is 290 g/mol. The molecule has 0 aliphatic heterocycles. The monoisotopic (exact) mass is 311 g/mol. The summed E-state index contributed by atoms with van der Waals surface area (Å²) in [5.41, 5.74) is 9.23. The number of benzene rings is 2. The SMILES string of the molecule is CCCCc1ccc(Oc2ccc(/C=N\NC(N)=O)cc2)cc1. The largest absolute Gasteiger partial charge is 0.457 e. The highest BCUT2D eigenvalue weighted by atomic mass is 16.5. The van der Waals surface area contributed by atoms with Crippen LogP contribution in [-0.4, -0.2) is 12.2 Å². The van der Waals surface area contributed by atoms with E-state index in [-0.39, 0.29) is 0 Å². The van der Waals surface area contributed by atoms with Crippen LogP contribution in [-0.2, 0) is 6.42 Å². The van der Waals surface area contributed by atoms with Crippen LogP contribution in [0, 0.1) is 0 Å². The quantitative estimate of drug-likeness (QED) is 0.602. The summed E-state index contributed by atoms with van der Waals surface area (Å²) in [5.74, 6) is 1.55. The number of hydrazone groups is 1. The summed E-state index contributed by atoms with van der Waals surface area (Å²) in [6, 6.07) is 14.8. The molecule has 23 heavy (non-hydrogen) atoms. The first kappa shape index (κ1) is 16.5. The number of hydrogen-bond acceptors (Lipinski definition) is 3. The molecule has 0 saturated carbocycles. The zero-order valence-corrected chi connectivity index (χ0v) is 13.2. The third-order valence-electron chi connectivity index (χ3n) is 3.25. The van der Waals surface area contributed by atoms with Crippen LogP contribution in [0.5, 0.6) is 11.5 Å². The first-order valence-corrected chi connectivity index (χ1v) is 7.62. The maximum Gasteiger partial charge on any atom is 0.332 e. The van der Waals surface area contributed by atoms with E-state index < -0.39 is 6.03 Å². The molecular formula is C18H21N3O2. The number of ether oxygens (including phenoxy) is 1. The average molecular weight is 311 g/mol. The molecule has 5 nitrogen and oxygen atoms in total. The fourth-order valence-corrected chi connectivity index (χ4v) is 2.03.